The van der Waals surface area contributed by atoms with Gasteiger partial charge in [-0.25, -0.2) is 17.2 Å². The number of ether oxygens (including phenoxy) is 1. The Morgan fingerprint density at radius 2 is 1.72 bits per heavy atom. The molecule has 2 aromatic carbocycles. The van der Waals surface area contributed by atoms with Crippen LogP contribution in [0.1, 0.15) is 18.4 Å². The van der Waals surface area contributed by atoms with E-state index < -0.39 is 21.7 Å². The number of carbonyl (C=O) groups is 1. The topological polar surface area (TPSA) is 66.9 Å². The van der Waals surface area contributed by atoms with Crippen LogP contribution < -0.4 is 9.04 Å². The molecule has 0 aliphatic rings. The summed E-state index contributed by atoms with van der Waals surface area (Å²) in [6, 6.07) is 10.2. The van der Waals surface area contributed by atoms with Crippen molar-refractivity contribution in [2.75, 3.05) is 31.3 Å². The van der Waals surface area contributed by atoms with Crippen molar-refractivity contribution in [3.63, 3.8) is 0 Å². The Bertz CT molecular complexity index is 949. The second-order valence-electron chi connectivity index (χ2n) is 6.63. The Hall–Kier alpha value is -2.68. The SMILES string of the molecule is COc1ccc(CN(C)C(=O)CCCN(c2ccc(F)c(F)c2)S(C)(=O)=O)cc1. The molecule has 2 aromatic rings. The summed E-state index contributed by atoms with van der Waals surface area (Å²) < 4.78 is 56.7. The van der Waals surface area contributed by atoms with Gasteiger partial charge in [0.25, 0.3) is 0 Å². The van der Waals surface area contributed by atoms with Crippen molar-refractivity contribution >= 4 is 21.6 Å². The molecule has 0 aromatic heterocycles. The summed E-state index contributed by atoms with van der Waals surface area (Å²) in [5.41, 5.74) is 0.951. The van der Waals surface area contributed by atoms with Crippen LogP contribution in [0.3, 0.4) is 0 Å². The minimum atomic E-state index is -3.71. The van der Waals surface area contributed by atoms with Gasteiger partial charge in [0, 0.05) is 32.6 Å². The fraction of sp³-hybridized carbons (Fsp3) is 0.350. The first-order valence-electron chi connectivity index (χ1n) is 8.91. The van der Waals surface area contributed by atoms with Crippen LogP contribution in [0, 0.1) is 11.6 Å². The van der Waals surface area contributed by atoms with E-state index in [-0.39, 0.29) is 31.0 Å². The first-order valence-corrected chi connectivity index (χ1v) is 10.8. The molecule has 2 rings (SSSR count). The summed E-state index contributed by atoms with van der Waals surface area (Å²) in [4.78, 5) is 13.9. The summed E-state index contributed by atoms with van der Waals surface area (Å²) >= 11 is 0. The highest BCUT2D eigenvalue weighted by molar-refractivity contribution is 7.92. The molecule has 29 heavy (non-hydrogen) atoms. The third-order valence-electron chi connectivity index (χ3n) is 4.35. The van der Waals surface area contributed by atoms with E-state index in [0.29, 0.717) is 6.54 Å². The molecule has 0 aliphatic carbocycles. The lowest BCUT2D eigenvalue weighted by atomic mass is 10.2. The lowest BCUT2D eigenvalue weighted by Crippen LogP contribution is -2.32. The molecular formula is C20H24F2N2O4S. The first kappa shape index (κ1) is 22.6. The quantitative estimate of drug-likeness (QED) is 0.618. The number of anilines is 1. The molecule has 9 heteroatoms. The number of sulfonamides is 1. The Morgan fingerprint density at radius 1 is 1.07 bits per heavy atom. The van der Waals surface area contributed by atoms with Crippen molar-refractivity contribution in [3.05, 3.63) is 59.7 Å². The molecule has 0 saturated carbocycles. The second-order valence-corrected chi connectivity index (χ2v) is 8.54. The van der Waals surface area contributed by atoms with Crippen molar-refractivity contribution in [2.24, 2.45) is 0 Å². The predicted octanol–water partition coefficient (Wildman–Crippen LogP) is 3.18. The van der Waals surface area contributed by atoms with Gasteiger partial charge in [0.1, 0.15) is 5.75 Å². The molecule has 0 atom stereocenters. The standard InChI is InChI=1S/C20H24F2N2O4S/c1-23(14-15-6-9-17(28-2)10-7-15)20(25)5-4-12-24(29(3,26)27)16-8-11-18(21)19(22)13-16/h6-11,13H,4-5,12,14H2,1-3H3. The number of rotatable bonds is 9. The van der Waals surface area contributed by atoms with Gasteiger partial charge in [0.15, 0.2) is 11.6 Å². The highest BCUT2D eigenvalue weighted by Gasteiger charge is 2.19. The lowest BCUT2D eigenvalue weighted by Gasteiger charge is -2.23. The molecule has 0 bridgehead atoms. The minimum absolute atomic E-state index is 0.0189. The molecule has 0 aliphatic heterocycles. The van der Waals surface area contributed by atoms with Gasteiger partial charge in [0.05, 0.1) is 19.1 Å². The van der Waals surface area contributed by atoms with Crippen molar-refractivity contribution in [2.45, 2.75) is 19.4 Å². The largest absolute Gasteiger partial charge is 0.497 e. The van der Waals surface area contributed by atoms with Gasteiger partial charge in [0.2, 0.25) is 15.9 Å². The summed E-state index contributed by atoms with van der Waals surface area (Å²) in [5, 5.41) is 0. The van der Waals surface area contributed by atoms with Gasteiger partial charge < -0.3 is 9.64 Å². The minimum Gasteiger partial charge on any atom is -0.497 e. The van der Waals surface area contributed by atoms with Crippen molar-refractivity contribution < 1.29 is 26.7 Å². The normalized spacial score (nSPS) is 11.2. The van der Waals surface area contributed by atoms with E-state index in [1.165, 1.54) is 6.07 Å². The molecule has 6 nitrogen and oxygen atoms in total. The van der Waals surface area contributed by atoms with E-state index in [9.17, 15) is 22.0 Å². The van der Waals surface area contributed by atoms with Crippen molar-refractivity contribution in [1.29, 1.82) is 0 Å². The maximum Gasteiger partial charge on any atom is 0.232 e. The highest BCUT2D eigenvalue weighted by atomic mass is 32.2. The Kier molecular flexibility index (Phi) is 7.55. The molecule has 0 N–H and O–H groups in total. The van der Waals surface area contributed by atoms with Crippen LogP contribution >= 0.6 is 0 Å². The third-order valence-corrected chi connectivity index (χ3v) is 5.54. The summed E-state index contributed by atoms with van der Waals surface area (Å²) in [6.07, 6.45) is 1.33. The number of carbonyl (C=O) groups excluding carboxylic acids is 1. The van der Waals surface area contributed by atoms with Crippen LogP contribution in [0.2, 0.25) is 0 Å². The fourth-order valence-corrected chi connectivity index (χ4v) is 3.74. The number of benzene rings is 2. The monoisotopic (exact) mass is 426 g/mol. The zero-order valence-corrected chi connectivity index (χ0v) is 17.4. The van der Waals surface area contributed by atoms with Crippen molar-refractivity contribution in [3.8, 4) is 5.75 Å². The third kappa shape index (κ3) is 6.42. The average molecular weight is 426 g/mol. The maximum atomic E-state index is 13.5. The van der Waals surface area contributed by atoms with Gasteiger partial charge in [-0.05, 0) is 36.2 Å². The number of amides is 1. The number of hydrogen-bond donors (Lipinski definition) is 0. The fourth-order valence-electron chi connectivity index (χ4n) is 2.78. The summed E-state index contributed by atoms with van der Waals surface area (Å²) in [7, 11) is -0.476. The Morgan fingerprint density at radius 3 is 2.28 bits per heavy atom. The number of halogens is 2. The molecule has 0 heterocycles. The Balaban J connectivity index is 1.95. The van der Waals surface area contributed by atoms with Crippen LogP contribution in [0.15, 0.2) is 42.5 Å². The smallest absolute Gasteiger partial charge is 0.232 e. The van der Waals surface area contributed by atoms with Crippen molar-refractivity contribution in [1.82, 2.24) is 4.90 Å². The maximum absolute atomic E-state index is 13.5. The van der Waals surface area contributed by atoms with Crippen LogP contribution in [-0.4, -0.2) is 46.2 Å². The van der Waals surface area contributed by atoms with Crippen LogP contribution in [-0.2, 0) is 21.4 Å². The van der Waals surface area contributed by atoms with Gasteiger partial charge in [-0.3, -0.25) is 9.10 Å². The van der Waals surface area contributed by atoms with Crippen LogP contribution in [0.4, 0.5) is 14.5 Å². The molecule has 0 spiro atoms. The molecule has 0 fully saturated rings. The van der Waals surface area contributed by atoms with E-state index in [4.69, 9.17) is 4.74 Å². The van der Waals surface area contributed by atoms with E-state index in [1.54, 1.807) is 31.2 Å². The highest BCUT2D eigenvalue weighted by Crippen LogP contribution is 2.21. The predicted molar refractivity (Wildman–Crippen MR) is 107 cm³/mol. The second kappa shape index (κ2) is 9.69. The van der Waals surface area contributed by atoms with Crippen LogP contribution in [0.25, 0.3) is 0 Å². The molecule has 158 valence electrons. The number of nitrogens with zero attached hydrogens (tertiary/aromatic N) is 2. The van der Waals surface area contributed by atoms with Gasteiger partial charge in [-0.15, -0.1) is 0 Å². The van der Waals surface area contributed by atoms with E-state index in [2.05, 4.69) is 0 Å². The summed E-state index contributed by atoms with van der Waals surface area (Å²) in [6.45, 7) is 0.383. The Labute approximate surface area is 169 Å². The first-order chi connectivity index (χ1) is 13.6. The lowest BCUT2D eigenvalue weighted by molar-refractivity contribution is -0.130. The van der Waals surface area contributed by atoms with E-state index >= 15 is 0 Å². The molecule has 1 amide bonds. The molecule has 0 unspecified atom stereocenters. The van der Waals surface area contributed by atoms with Gasteiger partial charge >= 0.3 is 0 Å². The summed E-state index contributed by atoms with van der Waals surface area (Å²) in [5.74, 6) is -1.62. The van der Waals surface area contributed by atoms with Gasteiger partial charge in [-0.1, -0.05) is 12.1 Å². The average Bonchev–Trinajstić information content (AvgIpc) is 2.67. The van der Waals surface area contributed by atoms with E-state index in [0.717, 1.165) is 34.0 Å². The molecular weight excluding hydrogens is 402 g/mol. The van der Waals surface area contributed by atoms with Gasteiger partial charge in [-0.2, -0.15) is 0 Å². The van der Waals surface area contributed by atoms with Crippen LogP contribution in [0.5, 0.6) is 5.75 Å². The molecule has 0 saturated heterocycles. The molecule has 0 radical (unpaired) electrons. The zero-order valence-electron chi connectivity index (χ0n) is 16.6. The zero-order chi connectivity index (χ0) is 21.6. The van der Waals surface area contributed by atoms with E-state index in [1.807, 2.05) is 12.1 Å². The number of methoxy groups -OCH3 is 1. The number of hydrogen-bond acceptors (Lipinski definition) is 4.